The molecule has 2 aromatic heterocycles. The van der Waals surface area contributed by atoms with Crippen molar-refractivity contribution in [1.29, 1.82) is 0 Å². The fraction of sp³-hybridized carbons (Fsp3) is 0.211. The van der Waals surface area contributed by atoms with Crippen molar-refractivity contribution in [2.24, 2.45) is 0 Å². The Labute approximate surface area is 291 Å². The van der Waals surface area contributed by atoms with Crippen molar-refractivity contribution in [2.75, 3.05) is 50.2 Å². The van der Waals surface area contributed by atoms with Crippen molar-refractivity contribution in [3.63, 3.8) is 0 Å². The largest absolute Gasteiger partial charge is 0.493 e. The lowest BCUT2D eigenvalue weighted by atomic mass is 10.0. The fourth-order valence-corrected chi connectivity index (χ4v) is 6.79. The Morgan fingerprint density at radius 2 is 1.72 bits per heavy atom. The van der Waals surface area contributed by atoms with Gasteiger partial charge in [0.05, 0.1) is 42.1 Å². The van der Waals surface area contributed by atoms with E-state index in [0.29, 0.717) is 45.6 Å². The van der Waals surface area contributed by atoms with Crippen LogP contribution in [0.4, 0.5) is 14.5 Å². The van der Waals surface area contributed by atoms with E-state index in [1.54, 1.807) is 25.3 Å². The Morgan fingerprint density at radius 1 is 0.880 bits per heavy atom. The summed E-state index contributed by atoms with van der Waals surface area (Å²) >= 11 is 1.99. The van der Waals surface area contributed by atoms with Crippen LogP contribution in [-0.2, 0) is 0 Å². The van der Waals surface area contributed by atoms with Crippen LogP contribution in [0.25, 0.3) is 33.1 Å². The first-order chi connectivity index (χ1) is 24.4. The van der Waals surface area contributed by atoms with E-state index >= 15 is 4.39 Å². The molecule has 0 radical (unpaired) electrons. The van der Waals surface area contributed by atoms with E-state index in [2.05, 4.69) is 25.4 Å². The van der Waals surface area contributed by atoms with Gasteiger partial charge in [-0.15, -0.1) is 0 Å². The molecule has 1 N–H and O–H groups in total. The number of rotatable bonds is 11. The molecule has 3 heterocycles. The predicted molar refractivity (Wildman–Crippen MR) is 192 cm³/mol. The van der Waals surface area contributed by atoms with E-state index in [9.17, 15) is 9.18 Å². The van der Waals surface area contributed by atoms with E-state index in [0.717, 1.165) is 49.2 Å². The SMILES string of the molecule is COc1cc2c(Oc3ccc(NC(=O)c4cc(-c5ccccc5)nc5ccc(F)cc45)cc3F)cnnc2cc1OCCCN1CCSCC1. The first-order valence-corrected chi connectivity index (χ1v) is 17.3. The molecule has 12 heteroatoms. The summed E-state index contributed by atoms with van der Waals surface area (Å²) in [6, 6.07) is 22.6. The number of hydrogen-bond donors (Lipinski definition) is 1. The number of carbonyl (C=O) groups is 1. The van der Waals surface area contributed by atoms with Gasteiger partial charge in [0, 0.05) is 59.9 Å². The number of amides is 1. The van der Waals surface area contributed by atoms with Crippen LogP contribution in [0, 0.1) is 11.6 Å². The molecule has 0 unspecified atom stereocenters. The summed E-state index contributed by atoms with van der Waals surface area (Å²) in [6.45, 7) is 3.69. The lowest BCUT2D eigenvalue weighted by Crippen LogP contribution is -2.33. The van der Waals surface area contributed by atoms with Crippen LogP contribution in [-0.4, -0.2) is 70.8 Å². The van der Waals surface area contributed by atoms with Gasteiger partial charge in [0.1, 0.15) is 11.3 Å². The van der Waals surface area contributed by atoms with Crippen LogP contribution in [0.1, 0.15) is 16.8 Å². The molecule has 0 aliphatic carbocycles. The number of carbonyl (C=O) groups excluding carboxylic acids is 1. The fourth-order valence-electron chi connectivity index (χ4n) is 5.81. The number of fused-ring (bicyclic) bond motifs is 2. The summed E-state index contributed by atoms with van der Waals surface area (Å²) in [5, 5.41) is 11.9. The summed E-state index contributed by atoms with van der Waals surface area (Å²) < 4.78 is 47.3. The standard InChI is InChI=1S/C38H33F2N5O4S/c1-47-35-21-29-33(22-36(35)48-15-5-12-45-13-16-50-17-14-45)44-41-23-37(29)49-34-11-9-26(19-30(34)40)42-38(46)28-20-32(24-6-3-2-4-7-24)43-31-10-8-25(39)18-27(28)31/h2-4,6-11,18-23H,5,12-17H2,1H3,(H,42,46). The quantitative estimate of drug-likeness (QED) is 0.135. The summed E-state index contributed by atoms with van der Waals surface area (Å²) in [7, 11) is 1.55. The number of ether oxygens (including phenoxy) is 3. The summed E-state index contributed by atoms with van der Waals surface area (Å²) in [6.07, 6.45) is 2.27. The van der Waals surface area contributed by atoms with Crippen LogP contribution in [0.15, 0.2) is 91.1 Å². The maximum atomic E-state index is 15.5. The maximum Gasteiger partial charge on any atom is 0.256 e. The van der Waals surface area contributed by atoms with E-state index in [1.807, 2.05) is 42.1 Å². The lowest BCUT2D eigenvalue weighted by molar-refractivity contribution is 0.102. The molecule has 4 aromatic carbocycles. The Bertz CT molecular complexity index is 2170. The normalized spacial score (nSPS) is 13.3. The van der Waals surface area contributed by atoms with Gasteiger partial charge in [-0.25, -0.2) is 13.8 Å². The average molecular weight is 694 g/mol. The minimum atomic E-state index is -0.720. The molecule has 0 atom stereocenters. The molecular weight excluding hydrogens is 661 g/mol. The van der Waals surface area contributed by atoms with E-state index in [-0.39, 0.29) is 22.7 Å². The van der Waals surface area contributed by atoms with Gasteiger partial charge in [-0.05, 0) is 48.9 Å². The molecule has 6 aromatic rings. The molecular formula is C38H33F2N5O4S. The molecule has 1 fully saturated rings. The molecule has 1 saturated heterocycles. The van der Waals surface area contributed by atoms with E-state index < -0.39 is 17.5 Å². The highest BCUT2D eigenvalue weighted by atomic mass is 32.2. The van der Waals surface area contributed by atoms with Gasteiger partial charge in [0.15, 0.2) is 28.8 Å². The first kappa shape index (κ1) is 33.2. The number of benzene rings is 4. The lowest BCUT2D eigenvalue weighted by Gasteiger charge is -2.25. The number of methoxy groups -OCH3 is 1. The van der Waals surface area contributed by atoms with Gasteiger partial charge in [-0.3, -0.25) is 4.79 Å². The molecule has 0 bridgehead atoms. The Balaban J connectivity index is 1.08. The van der Waals surface area contributed by atoms with Crippen molar-refractivity contribution in [2.45, 2.75) is 6.42 Å². The number of anilines is 1. The molecule has 0 saturated carbocycles. The third-order valence-electron chi connectivity index (χ3n) is 8.36. The van der Waals surface area contributed by atoms with E-state index in [4.69, 9.17) is 14.2 Å². The third kappa shape index (κ3) is 7.46. The van der Waals surface area contributed by atoms with Gasteiger partial charge < -0.3 is 24.4 Å². The Morgan fingerprint density at radius 3 is 2.52 bits per heavy atom. The van der Waals surface area contributed by atoms with Gasteiger partial charge in [0.25, 0.3) is 5.91 Å². The summed E-state index contributed by atoms with van der Waals surface area (Å²) in [5.74, 6) is 1.75. The molecule has 254 valence electrons. The van der Waals surface area contributed by atoms with Crippen molar-refractivity contribution < 1.29 is 27.8 Å². The maximum absolute atomic E-state index is 15.5. The second-order valence-corrected chi connectivity index (χ2v) is 12.9. The molecule has 1 amide bonds. The topological polar surface area (TPSA) is 98.7 Å². The van der Waals surface area contributed by atoms with Crippen LogP contribution in [0.5, 0.6) is 23.0 Å². The van der Waals surface area contributed by atoms with Crippen molar-refractivity contribution in [3.05, 3.63) is 108 Å². The third-order valence-corrected chi connectivity index (χ3v) is 9.30. The average Bonchev–Trinajstić information content (AvgIpc) is 3.14. The highest BCUT2D eigenvalue weighted by molar-refractivity contribution is 7.99. The number of halogens is 2. The molecule has 1 aliphatic rings. The number of nitrogens with one attached hydrogen (secondary N) is 1. The minimum Gasteiger partial charge on any atom is -0.493 e. The highest BCUT2D eigenvalue weighted by Gasteiger charge is 2.18. The van der Waals surface area contributed by atoms with Crippen LogP contribution >= 0.6 is 11.8 Å². The van der Waals surface area contributed by atoms with Gasteiger partial charge in [0.2, 0.25) is 0 Å². The predicted octanol–water partition coefficient (Wildman–Crippen LogP) is 7.99. The van der Waals surface area contributed by atoms with Crippen LogP contribution in [0.3, 0.4) is 0 Å². The van der Waals surface area contributed by atoms with Crippen molar-refractivity contribution in [3.8, 4) is 34.3 Å². The summed E-state index contributed by atoms with van der Waals surface area (Å²) in [5.41, 5.74) is 2.66. The first-order valence-electron chi connectivity index (χ1n) is 16.2. The van der Waals surface area contributed by atoms with Crippen molar-refractivity contribution >= 4 is 45.2 Å². The van der Waals surface area contributed by atoms with Gasteiger partial charge >= 0.3 is 0 Å². The monoisotopic (exact) mass is 693 g/mol. The zero-order chi connectivity index (χ0) is 34.5. The number of thioether (sulfide) groups is 1. The highest BCUT2D eigenvalue weighted by Crippen LogP contribution is 2.37. The zero-order valence-electron chi connectivity index (χ0n) is 27.2. The Kier molecular flexibility index (Phi) is 9.99. The zero-order valence-corrected chi connectivity index (χ0v) is 28.0. The van der Waals surface area contributed by atoms with Crippen LogP contribution < -0.4 is 19.5 Å². The van der Waals surface area contributed by atoms with Gasteiger partial charge in [-0.1, -0.05) is 30.3 Å². The second-order valence-electron chi connectivity index (χ2n) is 11.7. The smallest absolute Gasteiger partial charge is 0.256 e. The van der Waals surface area contributed by atoms with Gasteiger partial charge in [-0.2, -0.15) is 22.0 Å². The molecule has 7 rings (SSSR count). The second kappa shape index (κ2) is 15.1. The number of aromatic nitrogens is 3. The number of nitrogens with zero attached hydrogens (tertiary/aromatic N) is 4. The van der Waals surface area contributed by atoms with Crippen molar-refractivity contribution in [1.82, 2.24) is 20.1 Å². The van der Waals surface area contributed by atoms with Crippen LogP contribution in [0.2, 0.25) is 0 Å². The number of hydrogen-bond acceptors (Lipinski definition) is 9. The minimum absolute atomic E-state index is 0.0875. The molecule has 0 spiro atoms. The van der Waals surface area contributed by atoms with E-state index in [1.165, 1.54) is 36.5 Å². The number of pyridine rings is 1. The summed E-state index contributed by atoms with van der Waals surface area (Å²) in [4.78, 5) is 20.6. The molecule has 1 aliphatic heterocycles. The molecule has 50 heavy (non-hydrogen) atoms. The Hall–Kier alpha value is -5.33. The molecule has 9 nitrogen and oxygen atoms in total.